The number of imide groups is 3. The van der Waals surface area contributed by atoms with Gasteiger partial charge in [0.15, 0.2) is 0 Å². The van der Waals surface area contributed by atoms with Crippen molar-refractivity contribution in [3.8, 4) is 0 Å². The molecule has 3 aliphatic heterocycles. The molecule has 320 valence electrons. The number of nitrogens with zero attached hydrogens (tertiary/aromatic N) is 3. The summed E-state index contributed by atoms with van der Waals surface area (Å²) < 4.78 is 48.7. The van der Waals surface area contributed by atoms with Gasteiger partial charge in [-0.3, -0.25) is 28.8 Å². The van der Waals surface area contributed by atoms with E-state index in [1.807, 2.05) is 0 Å². The number of carbonyl (C=O) groups excluding carboxylic acids is 9. The van der Waals surface area contributed by atoms with E-state index in [2.05, 4.69) is 0 Å². The summed E-state index contributed by atoms with van der Waals surface area (Å²) in [6.07, 6.45) is -0.611. The minimum atomic E-state index is -0.898. The summed E-state index contributed by atoms with van der Waals surface area (Å²) in [5.41, 5.74) is 0. The van der Waals surface area contributed by atoms with E-state index < -0.39 is 79.3 Å². The van der Waals surface area contributed by atoms with Crippen molar-refractivity contribution in [1.82, 2.24) is 15.2 Å². The Morgan fingerprint density at radius 3 is 0.912 bits per heavy atom. The lowest BCUT2D eigenvalue weighted by molar-refractivity contribution is -0.200. The highest BCUT2D eigenvalue weighted by molar-refractivity contribution is 6.02. The molecular formula is C33H47N3O21. The molecule has 0 bridgehead atoms. The number of hydrogen-bond donors (Lipinski definition) is 0. The van der Waals surface area contributed by atoms with Gasteiger partial charge in [-0.2, -0.15) is 0 Å². The van der Waals surface area contributed by atoms with Crippen LogP contribution in [0.25, 0.3) is 0 Å². The molecule has 3 aliphatic rings. The molecule has 24 heteroatoms. The van der Waals surface area contributed by atoms with Crippen LogP contribution in [0.1, 0.15) is 38.5 Å². The van der Waals surface area contributed by atoms with E-state index in [0.29, 0.717) is 15.2 Å². The first-order chi connectivity index (χ1) is 27.5. The molecule has 0 unspecified atom stereocenters. The molecule has 0 aliphatic carbocycles. The highest BCUT2D eigenvalue weighted by Crippen LogP contribution is 2.14. The van der Waals surface area contributed by atoms with E-state index in [1.165, 1.54) is 0 Å². The maximum absolute atomic E-state index is 11.8. The predicted molar refractivity (Wildman–Crippen MR) is 178 cm³/mol. The fourth-order valence-corrected chi connectivity index (χ4v) is 4.57. The smallest absolute Gasteiger partial charge is 0.358 e. The summed E-state index contributed by atoms with van der Waals surface area (Å²) in [5.74, 6) is -6.22. The second kappa shape index (κ2) is 27.2. The summed E-state index contributed by atoms with van der Waals surface area (Å²) in [6, 6.07) is 0. The normalized spacial score (nSPS) is 15.8. The lowest BCUT2D eigenvalue weighted by Crippen LogP contribution is -2.33. The molecule has 24 nitrogen and oxygen atoms in total. The van der Waals surface area contributed by atoms with Crippen molar-refractivity contribution in [1.29, 1.82) is 0 Å². The summed E-state index contributed by atoms with van der Waals surface area (Å²) in [4.78, 5) is 118. The van der Waals surface area contributed by atoms with Gasteiger partial charge < -0.3 is 57.1 Å². The number of amides is 6. The van der Waals surface area contributed by atoms with E-state index in [4.69, 9.17) is 57.1 Å². The Balaban J connectivity index is 1.22. The molecule has 0 saturated carbocycles. The van der Waals surface area contributed by atoms with Crippen LogP contribution in [-0.4, -0.2) is 187 Å². The van der Waals surface area contributed by atoms with Crippen LogP contribution < -0.4 is 0 Å². The summed E-state index contributed by atoms with van der Waals surface area (Å²) in [5, 5.41) is 1.30. The van der Waals surface area contributed by atoms with Crippen molar-refractivity contribution in [2.75, 3.05) is 112 Å². The SMILES string of the molecule is O=C(COCCOCCOCC(COCCOCCOCC(=O)ON1C(=O)CCC1=O)OCCOCCOCC(=O)ON1C(=O)CCC1=O)ON1C(=O)CCC1=O. The van der Waals surface area contributed by atoms with Gasteiger partial charge in [0.05, 0.1) is 92.5 Å². The van der Waals surface area contributed by atoms with Gasteiger partial charge in [-0.05, 0) is 0 Å². The van der Waals surface area contributed by atoms with Crippen LogP contribution in [0.3, 0.4) is 0 Å². The van der Waals surface area contributed by atoms with Crippen molar-refractivity contribution < 1.29 is 100 Å². The predicted octanol–water partition coefficient (Wildman–Crippen LogP) is -2.67. The van der Waals surface area contributed by atoms with E-state index in [9.17, 15) is 43.2 Å². The minimum Gasteiger partial charge on any atom is -0.377 e. The van der Waals surface area contributed by atoms with E-state index in [1.54, 1.807) is 0 Å². The second-order valence-corrected chi connectivity index (χ2v) is 11.8. The van der Waals surface area contributed by atoms with Crippen molar-refractivity contribution >= 4 is 53.4 Å². The molecule has 0 N–H and O–H groups in total. The standard InChI is InChI=1S/C33H47N3O21/c37-25-1-2-26(38)34(25)55-31(43)21-51-14-9-46-7-12-49-19-24(54-18-17-48-11-16-53-23-33(45)57-36-29(41)5-6-30(36)42)20-50-13-8-47-10-15-52-22-32(44)56-35-27(39)3-4-28(35)40/h24H,1-23H2. The summed E-state index contributed by atoms with van der Waals surface area (Å²) in [7, 11) is 0. The van der Waals surface area contributed by atoms with Crippen LogP contribution in [0, 0.1) is 0 Å². The van der Waals surface area contributed by atoms with Crippen LogP contribution >= 0.6 is 0 Å². The molecule has 57 heavy (non-hydrogen) atoms. The van der Waals surface area contributed by atoms with Gasteiger partial charge in [-0.15, -0.1) is 15.2 Å². The lowest BCUT2D eigenvalue weighted by Gasteiger charge is -2.18. The first kappa shape index (κ1) is 46.8. The van der Waals surface area contributed by atoms with Crippen molar-refractivity contribution in [2.24, 2.45) is 0 Å². The number of hydroxylamine groups is 6. The maximum Gasteiger partial charge on any atom is 0.358 e. The van der Waals surface area contributed by atoms with Crippen LogP contribution in [0.15, 0.2) is 0 Å². The quantitative estimate of drug-likeness (QED) is 0.0494. The van der Waals surface area contributed by atoms with Gasteiger partial charge in [0.25, 0.3) is 35.4 Å². The summed E-state index contributed by atoms with van der Waals surface area (Å²) in [6.45, 7) is 0.271. The molecule has 0 radical (unpaired) electrons. The fraction of sp³-hybridized carbons (Fsp3) is 0.727. The minimum absolute atomic E-state index is 0.0132. The van der Waals surface area contributed by atoms with Crippen LogP contribution in [0.4, 0.5) is 0 Å². The van der Waals surface area contributed by atoms with Gasteiger partial charge >= 0.3 is 17.9 Å². The Labute approximate surface area is 325 Å². The molecule has 0 aromatic rings. The topological polar surface area (TPSA) is 274 Å². The number of carbonyl (C=O) groups is 9. The zero-order valence-electron chi connectivity index (χ0n) is 31.3. The zero-order chi connectivity index (χ0) is 41.3. The van der Waals surface area contributed by atoms with Gasteiger partial charge in [-0.25, -0.2) is 14.4 Å². The second-order valence-electron chi connectivity index (χ2n) is 11.8. The largest absolute Gasteiger partial charge is 0.377 e. The first-order valence-electron chi connectivity index (χ1n) is 18.0. The summed E-state index contributed by atoms with van der Waals surface area (Å²) >= 11 is 0. The highest BCUT2D eigenvalue weighted by Gasteiger charge is 2.34. The molecule has 0 aromatic carbocycles. The van der Waals surface area contributed by atoms with Crippen molar-refractivity contribution in [3.63, 3.8) is 0 Å². The average Bonchev–Trinajstić information content (AvgIpc) is 3.80. The van der Waals surface area contributed by atoms with Gasteiger partial charge in [-0.1, -0.05) is 0 Å². The third-order valence-electron chi connectivity index (χ3n) is 7.31. The number of ether oxygens (including phenoxy) is 9. The molecule has 0 spiro atoms. The average molecular weight is 822 g/mol. The van der Waals surface area contributed by atoms with Crippen LogP contribution in [0.2, 0.25) is 0 Å². The Morgan fingerprint density at radius 1 is 0.368 bits per heavy atom. The Kier molecular flexibility index (Phi) is 22.3. The molecule has 3 saturated heterocycles. The lowest BCUT2D eigenvalue weighted by atomic mass is 10.4. The van der Waals surface area contributed by atoms with Gasteiger partial charge in [0, 0.05) is 38.5 Å². The van der Waals surface area contributed by atoms with E-state index in [-0.39, 0.29) is 131 Å². The molecule has 6 amide bonds. The fourth-order valence-electron chi connectivity index (χ4n) is 4.57. The van der Waals surface area contributed by atoms with Crippen LogP contribution in [-0.2, 0) is 100 Å². The molecule has 3 rings (SSSR count). The number of hydrogen-bond acceptors (Lipinski definition) is 21. The van der Waals surface area contributed by atoms with Gasteiger partial charge in [0.2, 0.25) is 0 Å². The first-order valence-corrected chi connectivity index (χ1v) is 18.0. The van der Waals surface area contributed by atoms with E-state index >= 15 is 0 Å². The molecule has 3 fully saturated rings. The van der Waals surface area contributed by atoms with Crippen LogP contribution in [0.5, 0.6) is 0 Å². The highest BCUT2D eigenvalue weighted by atomic mass is 16.7. The third-order valence-corrected chi connectivity index (χ3v) is 7.31. The Hall–Kier alpha value is -4.53. The molecule has 0 aromatic heterocycles. The monoisotopic (exact) mass is 821 g/mol. The third kappa shape index (κ3) is 19.0. The van der Waals surface area contributed by atoms with E-state index in [0.717, 1.165) is 0 Å². The molecule has 0 atom stereocenters. The Bertz CT molecular complexity index is 1260. The van der Waals surface area contributed by atoms with Crippen molar-refractivity contribution in [3.05, 3.63) is 0 Å². The zero-order valence-corrected chi connectivity index (χ0v) is 31.3. The number of rotatable bonds is 32. The molecular weight excluding hydrogens is 774 g/mol. The Morgan fingerprint density at radius 2 is 0.614 bits per heavy atom. The van der Waals surface area contributed by atoms with Crippen molar-refractivity contribution in [2.45, 2.75) is 44.6 Å². The van der Waals surface area contributed by atoms with Gasteiger partial charge in [0.1, 0.15) is 25.9 Å². The molecule has 3 heterocycles. The maximum atomic E-state index is 11.8.